The molecule has 190 valence electrons. The molecule has 0 saturated carbocycles. The Labute approximate surface area is 219 Å². The number of nitrogens with zero attached hydrogens (tertiary/aromatic N) is 5. The SMILES string of the molecule is O=C(NCCN1CCC2(CC1)C(=O)NCN2Cc1cccnc1)c1sc2ncccc2c1-n1cccc1. The number of likely N-dealkylation sites (tertiary alicyclic amines) is 1. The van der Waals surface area contributed by atoms with E-state index in [1.165, 1.54) is 11.3 Å². The highest BCUT2D eigenvalue weighted by molar-refractivity contribution is 7.21. The second-order valence-electron chi connectivity index (χ2n) is 9.58. The van der Waals surface area contributed by atoms with Gasteiger partial charge in [-0.05, 0) is 48.7 Å². The maximum Gasteiger partial charge on any atom is 0.263 e. The first-order chi connectivity index (χ1) is 18.1. The molecule has 10 heteroatoms. The van der Waals surface area contributed by atoms with E-state index in [4.69, 9.17) is 0 Å². The van der Waals surface area contributed by atoms with E-state index in [1.807, 2.05) is 53.5 Å². The second kappa shape index (κ2) is 10.0. The molecule has 0 aliphatic carbocycles. The van der Waals surface area contributed by atoms with Gasteiger partial charge in [0.25, 0.3) is 5.91 Å². The number of rotatable bonds is 7. The van der Waals surface area contributed by atoms with Gasteiger partial charge in [0, 0.05) is 69.1 Å². The van der Waals surface area contributed by atoms with E-state index in [1.54, 1.807) is 12.4 Å². The van der Waals surface area contributed by atoms with E-state index < -0.39 is 5.54 Å². The van der Waals surface area contributed by atoms with Crippen LogP contribution < -0.4 is 10.6 Å². The van der Waals surface area contributed by atoms with Crippen LogP contribution in [0.2, 0.25) is 0 Å². The standard InChI is InChI=1S/C27H29N7O2S/c35-24(23-22(33-12-1-2-13-33)21-6-4-10-30-25(21)37-23)29-11-16-32-14-7-27(8-15-32)26(36)31-19-34(27)18-20-5-3-9-28-17-20/h1-6,9-10,12-13,17H,7-8,11,14-16,18-19H2,(H,29,35)(H,31,36). The molecule has 6 rings (SSSR count). The number of pyridine rings is 2. The smallest absolute Gasteiger partial charge is 0.263 e. The normalized spacial score (nSPS) is 17.9. The lowest BCUT2D eigenvalue weighted by Gasteiger charge is -2.42. The van der Waals surface area contributed by atoms with Gasteiger partial charge in [-0.3, -0.25) is 19.5 Å². The summed E-state index contributed by atoms with van der Waals surface area (Å²) in [6.07, 6.45) is 10.8. The van der Waals surface area contributed by atoms with E-state index in [-0.39, 0.29) is 11.8 Å². The Hall–Kier alpha value is -3.60. The van der Waals surface area contributed by atoms with Crippen molar-refractivity contribution < 1.29 is 9.59 Å². The summed E-state index contributed by atoms with van der Waals surface area (Å²) in [5.74, 6) is 0.0400. The topological polar surface area (TPSA) is 95.4 Å². The maximum atomic E-state index is 13.2. The predicted molar refractivity (Wildman–Crippen MR) is 142 cm³/mol. The molecule has 0 aromatic carbocycles. The van der Waals surface area contributed by atoms with Crippen molar-refractivity contribution in [2.24, 2.45) is 0 Å². The summed E-state index contributed by atoms with van der Waals surface area (Å²) in [5.41, 5.74) is 1.52. The quantitative estimate of drug-likeness (QED) is 0.393. The van der Waals surface area contributed by atoms with E-state index in [9.17, 15) is 9.59 Å². The fourth-order valence-electron chi connectivity index (χ4n) is 5.46. The minimum atomic E-state index is -0.467. The first kappa shape index (κ1) is 23.8. The van der Waals surface area contributed by atoms with Gasteiger partial charge in [0.15, 0.2) is 0 Å². The van der Waals surface area contributed by atoms with Gasteiger partial charge in [-0.15, -0.1) is 11.3 Å². The zero-order valence-corrected chi connectivity index (χ0v) is 21.3. The third kappa shape index (κ3) is 4.52. The van der Waals surface area contributed by atoms with Crippen molar-refractivity contribution in [2.75, 3.05) is 32.8 Å². The zero-order chi connectivity index (χ0) is 25.2. The van der Waals surface area contributed by atoms with E-state index in [0.29, 0.717) is 24.6 Å². The first-order valence-electron chi connectivity index (χ1n) is 12.6. The van der Waals surface area contributed by atoms with Crippen LogP contribution in [0.25, 0.3) is 15.9 Å². The molecule has 2 saturated heterocycles. The molecule has 4 aromatic rings. The monoisotopic (exact) mass is 515 g/mol. The number of piperidine rings is 1. The zero-order valence-electron chi connectivity index (χ0n) is 20.5. The first-order valence-corrected chi connectivity index (χ1v) is 13.4. The lowest BCUT2D eigenvalue weighted by molar-refractivity contribution is -0.129. The molecule has 9 nitrogen and oxygen atoms in total. The van der Waals surface area contributed by atoms with Gasteiger partial charge in [-0.2, -0.15) is 0 Å². The Morgan fingerprint density at radius 3 is 2.70 bits per heavy atom. The summed E-state index contributed by atoms with van der Waals surface area (Å²) < 4.78 is 1.98. The van der Waals surface area contributed by atoms with Gasteiger partial charge >= 0.3 is 0 Å². The van der Waals surface area contributed by atoms with Crippen LogP contribution in [-0.2, 0) is 11.3 Å². The van der Waals surface area contributed by atoms with Crippen LogP contribution in [-0.4, -0.2) is 74.5 Å². The molecule has 2 aliphatic heterocycles. The fourth-order valence-corrected chi connectivity index (χ4v) is 6.52. The number of fused-ring (bicyclic) bond motifs is 1. The van der Waals surface area contributed by atoms with Crippen molar-refractivity contribution in [1.29, 1.82) is 0 Å². The number of thiophene rings is 1. The Morgan fingerprint density at radius 1 is 1.11 bits per heavy atom. The molecule has 1 spiro atoms. The van der Waals surface area contributed by atoms with Crippen LogP contribution in [0.15, 0.2) is 67.4 Å². The van der Waals surface area contributed by atoms with E-state index in [2.05, 4.69) is 36.5 Å². The van der Waals surface area contributed by atoms with Crippen molar-refractivity contribution in [1.82, 2.24) is 35.0 Å². The molecule has 4 aromatic heterocycles. The number of amides is 2. The minimum absolute atomic E-state index is 0.0852. The van der Waals surface area contributed by atoms with E-state index >= 15 is 0 Å². The molecule has 2 aliphatic rings. The van der Waals surface area contributed by atoms with Gasteiger partial charge in [0.2, 0.25) is 5.91 Å². The predicted octanol–water partition coefficient (Wildman–Crippen LogP) is 2.64. The maximum absolute atomic E-state index is 13.2. The van der Waals surface area contributed by atoms with Crippen molar-refractivity contribution in [3.63, 3.8) is 0 Å². The highest BCUT2D eigenvalue weighted by atomic mass is 32.1. The third-order valence-corrected chi connectivity index (χ3v) is 8.56. The number of nitrogens with one attached hydrogen (secondary N) is 2. The number of carbonyl (C=O) groups is 2. The molecular formula is C27H29N7O2S. The molecule has 2 N–H and O–H groups in total. The van der Waals surface area contributed by atoms with Crippen molar-refractivity contribution >= 4 is 33.4 Å². The molecule has 6 heterocycles. The highest BCUT2D eigenvalue weighted by Gasteiger charge is 2.49. The lowest BCUT2D eigenvalue weighted by Crippen LogP contribution is -2.56. The van der Waals surface area contributed by atoms with Crippen LogP contribution in [0.3, 0.4) is 0 Å². The summed E-state index contributed by atoms with van der Waals surface area (Å²) in [4.78, 5) is 40.9. The summed E-state index contributed by atoms with van der Waals surface area (Å²) in [6, 6.07) is 11.8. The molecule has 0 radical (unpaired) electrons. The number of hydrogen-bond acceptors (Lipinski definition) is 7. The summed E-state index contributed by atoms with van der Waals surface area (Å²) in [5, 5.41) is 7.14. The van der Waals surface area contributed by atoms with Gasteiger partial charge in [0.05, 0.1) is 12.4 Å². The third-order valence-electron chi connectivity index (χ3n) is 7.46. The largest absolute Gasteiger partial charge is 0.350 e. The fraction of sp³-hybridized carbons (Fsp3) is 0.333. The molecule has 0 atom stereocenters. The molecule has 2 amide bonds. The Kier molecular flexibility index (Phi) is 6.45. The molecule has 37 heavy (non-hydrogen) atoms. The molecule has 0 unspecified atom stereocenters. The van der Waals surface area contributed by atoms with Gasteiger partial charge in [0.1, 0.15) is 15.2 Å². The summed E-state index contributed by atoms with van der Waals surface area (Å²) in [6.45, 7) is 4.19. The van der Waals surface area contributed by atoms with Crippen molar-refractivity contribution in [3.8, 4) is 5.69 Å². The highest BCUT2D eigenvalue weighted by Crippen LogP contribution is 2.34. The summed E-state index contributed by atoms with van der Waals surface area (Å²) in [7, 11) is 0. The molecular weight excluding hydrogens is 486 g/mol. The average molecular weight is 516 g/mol. The average Bonchev–Trinajstić information content (AvgIpc) is 3.65. The van der Waals surface area contributed by atoms with Gasteiger partial charge in [-0.25, -0.2) is 4.98 Å². The Morgan fingerprint density at radius 2 is 1.92 bits per heavy atom. The van der Waals surface area contributed by atoms with Crippen molar-refractivity contribution in [2.45, 2.75) is 24.9 Å². The Bertz CT molecular complexity index is 1390. The van der Waals surface area contributed by atoms with Crippen LogP contribution in [0, 0.1) is 0 Å². The van der Waals surface area contributed by atoms with Crippen LogP contribution in [0.1, 0.15) is 28.1 Å². The molecule has 2 fully saturated rings. The number of carbonyl (C=O) groups excluding carboxylic acids is 2. The number of hydrogen-bond donors (Lipinski definition) is 2. The number of aromatic nitrogens is 3. The second-order valence-corrected chi connectivity index (χ2v) is 10.6. The van der Waals surface area contributed by atoms with Gasteiger partial charge < -0.3 is 20.1 Å². The lowest BCUT2D eigenvalue weighted by atomic mass is 9.86. The van der Waals surface area contributed by atoms with Crippen LogP contribution >= 0.6 is 11.3 Å². The van der Waals surface area contributed by atoms with Crippen molar-refractivity contribution in [3.05, 3.63) is 77.8 Å². The van der Waals surface area contributed by atoms with Gasteiger partial charge in [-0.1, -0.05) is 6.07 Å². The molecule has 0 bridgehead atoms. The summed E-state index contributed by atoms with van der Waals surface area (Å²) >= 11 is 1.42. The van der Waals surface area contributed by atoms with Crippen LogP contribution in [0.5, 0.6) is 0 Å². The van der Waals surface area contributed by atoms with E-state index in [0.717, 1.165) is 53.9 Å². The minimum Gasteiger partial charge on any atom is -0.350 e. The Balaban J connectivity index is 1.07. The van der Waals surface area contributed by atoms with Crippen LogP contribution in [0.4, 0.5) is 0 Å².